The van der Waals surface area contributed by atoms with Crippen molar-refractivity contribution in [2.45, 2.75) is 0 Å². The lowest BCUT2D eigenvalue weighted by atomic mass is 10.1. The number of hydrogen-bond acceptors (Lipinski definition) is 2. The molecule has 0 radical (unpaired) electrons. The fourth-order valence-electron chi connectivity index (χ4n) is 1.29. The molecule has 0 spiro atoms. The average molecular weight is 211 g/mol. The number of aldehydes is 1. The first-order valence-corrected chi connectivity index (χ1v) is 4.35. The summed E-state index contributed by atoms with van der Waals surface area (Å²) in [6, 6.07) is 2.46. The molecule has 0 amide bonds. The summed E-state index contributed by atoms with van der Waals surface area (Å²) in [5.74, 6) is -1.81. The molecule has 0 heterocycles. The third kappa shape index (κ3) is 2.40. The van der Waals surface area contributed by atoms with Crippen molar-refractivity contribution in [2.75, 3.05) is 19.0 Å². The third-order valence-electron chi connectivity index (χ3n) is 1.90. The Balaban J connectivity index is 3.32. The highest BCUT2D eigenvalue weighted by atomic mass is 19.2. The van der Waals surface area contributed by atoms with Gasteiger partial charge in [-0.1, -0.05) is 0 Å². The molecule has 0 saturated carbocycles. The molecule has 2 nitrogen and oxygen atoms in total. The van der Waals surface area contributed by atoms with E-state index in [-0.39, 0.29) is 5.69 Å². The standard InChI is InChI=1S/C11H11F2NO/c1-14(2)11-8(4-3-7-15)5-6-9(12)10(11)13/h3-7H,1-2H3/b4-3+. The van der Waals surface area contributed by atoms with Gasteiger partial charge in [-0.2, -0.15) is 0 Å². The minimum absolute atomic E-state index is 0.133. The number of carbonyl (C=O) groups excluding carboxylic acids is 1. The highest BCUT2D eigenvalue weighted by Gasteiger charge is 2.13. The van der Waals surface area contributed by atoms with Crippen LogP contribution in [0.1, 0.15) is 5.56 Å². The number of allylic oxidation sites excluding steroid dienone is 1. The summed E-state index contributed by atoms with van der Waals surface area (Å²) in [4.78, 5) is 11.6. The van der Waals surface area contributed by atoms with Crippen LogP contribution in [0.2, 0.25) is 0 Å². The number of halogens is 2. The fourth-order valence-corrected chi connectivity index (χ4v) is 1.29. The zero-order valence-corrected chi connectivity index (χ0v) is 8.50. The number of nitrogens with zero attached hydrogens (tertiary/aromatic N) is 1. The molecule has 4 heteroatoms. The summed E-state index contributed by atoms with van der Waals surface area (Å²) in [7, 11) is 3.21. The molecule has 0 saturated heterocycles. The maximum atomic E-state index is 13.4. The Bertz CT molecular complexity index is 400. The molecule has 15 heavy (non-hydrogen) atoms. The van der Waals surface area contributed by atoms with E-state index in [2.05, 4.69) is 0 Å². The van der Waals surface area contributed by atoms with Crippen molar-refractivity contribution in [1.29, 1.82) is 0 Å². The average Bonchev–Trinajstić information content (AvgIpc) is 2.19. The normalized spacial score (nSPS) is 10.7. The molecular weight excluding hydrogens is 200 g/mol. The minimum atomic E-state index is -0.909. The van der Waals surface area contributed by atoms with Crippen LogP contribution in [-0.2, 0) is 4.79 Å². The lowest BCUT2D eigenvalue weighted by Crippen LogP contribution is -2.13. The smallest absolute Gasteiger partial charge is 0.182 e. The maximum Gasteiger partial charge on any atom is 0.182 e. The minimum Gasteiger partial charge on any atom is -0.375 e. The van der Waals surface area contributed by atoms with Crippen LogP contribution < -0.4 is 4.90 Å². The second kappa shape index (κ2) is 4.68. The summed E-state index contributed by atoms with van der Waals surface area (Å²) in [5, 5.41) is 0. The zero-order valence-electron chi connectivity index (χ0n) is 8.50. The second-order valence-corrected chi connectivity index (χ2v) is 3.19. The van der Waals surface area contributed by atoms with Gasteiger partial charge in [-0.3, -0.25) is 4.79 Å². The van der Waals surface area contributed by atoms with Gasteiger partial charge in [-0.25, -0.2) is 8.78 Å². The van der Waals surface area contributed by atoms with Gasteiger partial charge in [0.15, 0.2) is 11.6 Å². The number of rotatable bonds is 3. The number of benzene rings is 1. The molecule has 0 aromatic heterocycles. The monoisotopic (exact) mass is 211 g/mol. The lowest BCUT2D eigenvalue weighted by molar-refractivity contribution is -0.104. The molecule has 0 aliphatic carbocycles. The van der Waals surface area contributed by atoms with Gasteiger partial charge in [0.2, 0.25) is 0 Å². The Morgan fingerprint density at radius 3 is 2.47 bits per heavy atom. The van der Waals surface area contributed by atoms with E-state index in [4.69, 9.17) is 0 Å². The van der Waals surface area contributed by atoms with Crippen LogP contribution in [0.4, 0.5) is 14.5 Å². The Labute approximate surface area is 86.8 Å². The van der Waals surface area contributed by atoms with Gasteiger partial charge in [-0.15, -0.1) is 0 Å². The molecule has 0 atom stereocenters. The topological polar surface area (TPSA) is 20.3 Å². The summed E-state index contributed by atoms with van der Waals surface area (Å²) >= 11 is 0. The van der Waals surface area contributed by atoms with E-state index >= 15 is 0 Å². The SMILES string of the molecule is CN(C)c1c(/C=C/C=O)ccc(F)c1F. The predicted octanol–water partition coefficient (Wildman–Crippen LogP) is 2.24. The predicted molar refractivity (Wildman–Crippen MR) is 55.8 cm³/mol. The molecule has 1 aromatic carbocycles. The number of anilines is 1. The molecule has 0 N–H and O–H groups in total. The summed E-state index contributed by atoms with van der Waals surface area (Å²) in [6.45, 7) is 0. The first kappa shape index (κ1) is 11.4. The molecule has 80 valence electrons. The lowest BCUT2D eigenvalue weighted by Gasteiger charge is -2.16. The number of hydrogen-bond donors (Lipinski definition) is 0. The van der Waals surface area contributed by atoms with Crippen molar-refractivity contribution >= 4 is 18.0 Å². The highest BCUT2D eigenvalue weighted by molar-refractivity contribution is 5.78. The Kier molecular flexibility index (Phi) is 3.55. The molecule has 1 aromatic rings. The van der Waals surface area contributed by atoms with Crippen LogP contribution in [-0.4, -0.2) is 20.4 Å². The molecule has 1 rings (SSSR count). The van der Waals surface area contributed by atoms with Gasteiger partial charge in [-0.05, 0) is 24.3 Å². The van der Waals surface area contributed by atoms with Crippen LogP contribution in [0.25, 0.3) is 6.08 Å². The summed E-state index contributed by atoms with van der Waals surface area (Å²) < 4.78 is 26.3. The highest BCUT2D eigenvalue weighted by Crippen LogP contribution is 2.25. The van der Waals surface area contributed by atoms with Crippen LogP contribution in [0.5, 0.6) is 0 Å². The zero-order chi connectivity index (χ0) is 11.4. The number of carbonyl (C=O) groups is 1. The van der Waals surface area contributed by atoms with E-state index in [1.807, 2.05) is 0 Å². The quantitative estimate of drug-likeness (QED) is 0.564. The van der Waals surface area contributed by atoms with Crippen molar-refractivity contribution in [3.8, 4) is 0 Å². The second-order valence-electron chi connectivity index (χ2n) is 3.19. The van der Waals surface area contributed by atoms with Crippen LogP contribution in [0.15, 0.2) is 18.2 Å². The van der Waals surface area contributed by atoms with E-state index in [0.29, 0.717) is 11.8 Å². The molecular formula is C11H11F2NO. The van der Waals surface area contributed by atoms with Gasteiger partial charge in [0.25, 0.3) is 0 Å². The van der Waals surface area contributed by atoms with Crippen molar-refractivity contribution in [2.24, 2.45) is 0 Å². The van der Waals surface area contributed by atoms with Crippen LogP contribution in [0, 0.1) is 11.6 Å². The van der Waals surface area contributed by atoms with E-state index in [1.54, 1.807) is 14.1 Å². The van der Waals surface area contributed by atoms with Crippen molar-refractivity contribution < 1.29 is 13.6 Å². The largest absolute Gasteiger partial charge is 0.375 e. The molecule has 0 fully saturated rings. The van der Waals surface area contributed by atoms with Crippen LogP contribution in [0.3, 0.4) is 0 Å². The van der Waals surface area contributed by atoms with Gasteiger partial charge in [0, 0.05) is 19.7 Å². The van der Waals surface area contributed by atoms with E-state index in [0.717, 1.165) is 6.07 Å². The first-order valence-electron chi connectivity index (χ1n) is 4.35. The van der Waals surface area contributed by atoms with Gasteiger partial charge in [0.1, 0.15) is 6.29 Å². The first-order chi connectivity index (χ1) is 7.07. The maximum absolute atomic E-state index is 13.4. The summed E-state index contributed by atoms with van der Waals surface area (Å²) in [5.41, 5.74) is 0.596. The van der Waals surface area contributed by atoms with E-state index in [9.17, 15) is 13.6 Å². The Morgan fingerprint density at radius 2 is 1.93 bits per heavy atom. The molecule has 0 bridgehead atoms. The van der Waals surface area contributed by atoms with E-state index in [1.165, 1.54) is 23.1 Å². The summed E-state index contributed by atoms with van der Waals surface area (Å²) in [6.07, 6.45) is 3.26. The third-order valence-corrected chi connectivity index (χ3v) is 1.90. The van der Waals surface area contributed by atoms with Crippen molar-refractivity contribution in [1.82, 2.24) is 0 Å². The fraction of sp³-hybridized carbons (Fsp3) is 0.182. The molecule has 0 unspecified atom stereocenters. The van der Waals surface area contributed by atoms with E-state index < -0.39 is 11.6 Å². The Hall–Kier alpha value is -1.71. The Morgan fingerprint density at radius 1 is 1.27 bits per heavy atom. The van der Waals surface area contributed by atoms with Crippen LogP contribution >= 0.6 is 0 Å². The molecule has 0 aliphatic rings. The van der Waals surface area contributed by atoms with Gasteiger partial charge >= 0.3 is 0 Å². The van der Waals surface area contributed by atoms with Gasteiger partial charge < -0.3 is 4.90 Å². The van der Waals surface area contributed by atoms with Crippen molar-refractivity contribution in [3.05, 3.63) is 35.4 Å². The van der Waals surface area contributed by atoms with Gasteiger partial charge in [0.05, 0.1) is 5.69 Å². The van der Waals surface area contributed by atoms with Crippen molar-refractivity contribution in [3.63, 3.8) is 0 Å². The molecule has 0 aliphatic heterocycles.